The Morgan fingerprint density at radius 2 is 2.00 bits per heavy atom. The number of hydrogen-bond acceptors (Lipinski definition) is 4. The number of benzene rings is 1. The Bertz CT molecular complexity index is 711. The van der Waals surface area contributed by atoms with Gasteiger partial charge in [-0.05, 0) is 56.1 Å². The highest BCUT2D eigenvalue weighted by Crippen LogP contribution is 2.33. The summed E-state index contributed by atoms with van der Waals surface area (Å²) in [6.07, 6.45) is 0. The van der Waals surface area contributed by atoms with Gasteiger partial charge >= 0.3 is 0 Å². The number of nitrogens with one attached hydrogen (secondary N) is 1. The van der Waals surface area contributed by atoms with Gasteiger partial charge in [0.25, 0.3) is 5.91 Å². The fourth-order valence-electron chi connectivity index (χ4n) is 1.53. The summed E-state index contributed by atoms with van der Waals surface area (Å²) in [5.74, 6) is -0.360. The molecule has 1 aromatic carbocycles. The molecule has 5 nitrogen and oxygen atoms in total. The van der Waals surface area contributed by atoms with Gasteiger partial charge in [-0.25, -0.2) is 0 Å². The molecule has 2 aromatic rings. The van der Waals surface area contributed by atoms with Gasteiger partial charge in [-0.1, -0.05) is 21.1 Å². The first kappa shape index (κ1) is 16.5. The summed E-state index contributed by atoms with van der Waals surface area (Å²) in [4.78, 5) is 12.8. The van der Waals surface area contributed by atoms with Gasteiger partial charge < -0.3 is 16.3 Å². The Hall–Kier alpha value is -0.900. The highest BCUT2D eigenvalue weighted by atomic mass is 79.9. The van der Waals surface area contributed by atoms with E-state index >= 15 is 0 Å². The maximum atomic E-state index is 12.2. The van der Waals surface area contributed by atoms with Gasteiger partial charge in [-0.15, -0.1) is 11.3 Å². The number of amides is 1. The Morgan fingerprint density at radius 1 is 1.29 bits per heavy atom. The van der Waals surface area contributed by atoms with Crippen molar-refractivity contribution < 1.29 is 10.0 Å². The van der Waals surface area contributed by atoms with E-state index in [1.54, 1.807) is 24.3 Å². The van der Waals surface area contributed by atoms with Crippen LogP contribution in [-0.2, 0) is 0 Å². The third-order valence-corrected chi connectivity index (χ3v) is 6.23. The summed E-state index contributed by atoms with van der Waals surface area (Å²) >= 11 is 11.3. The zero-order valence-electron chi connectivity index (χ0n) is 10.2. The SMILES string of the molecule is N/C(=N/O)c1cc(Br)ccc1NC(=O)c1cc(Br)c(Br)s1. The van der Waals surface area contributed by atoms with E-state index in [1.807, 2.05) is 0 Å². The quantitative estimate of drug-likeness (QED) is 0.254. The van der Waals surface area contributed by atoms with Crippen LogP contribution < -0.4 is 11.1 Å². The molecule has 21 heavy (non-hydrogen) atoms. The predicted molar refractivity (Wildman–Crippen MR) is 94.3 cm³/mol. The van der Waals surface area contributed by atoms with Crippen LogP contribution in [0.3, 0.4) is 0 Å². The van der Waals surface area contributed by atoms with Crippen molar-refractivity contribution in [1.82, 2.24) is 0 Å². The molecule has 0 bridgehead atoms. The number of nitrogens with zero attached hydrogens (tertiary/aromatic N) is 1. The number of thiophene rings is 1. The molecule has 1 aromatic heterocycles. The normalized spacial score (nSPS) is 11.5. The molecular formula is C12H8Br3N3O2S. The van der Waals surface area contributed by atoms with E-state index in [9.17, 15) is 4.79 Å². The lowest BCUT2D eigenvalue weighted by Crippen LogP contribution is -2.18. The lowest BCUT2D eigenvalue weighted by Gasteiger charge is -2.10. The number of rotatable bonds is 3. The molecule has 0 aliphatic rings. The summed E-state index contributed by atoms with van der Waals surface area (Å²) in [5.41, 5.74) is 6.51. The summed E-state index contributed by atoms with van der Waals surface area (Å²) in [6, 6.07) is 6.80. The minimum Gasteiger partial charge on any atom is -0.409 e. The average Bonchev–Trinajstić information content (AvgIpc) is 2.80. The molecule has 0 aliphatic carbocycles. The van der Waals surface area contributed by atoms with Gasteiger partial charge in [0.15, 0.2) is 5.84 Å². The molecular weight excluding hydrogens is 490 g/mol. The van der Waals surface area contributed by atoms with Crippen molar-refractivity contribution >= 4 is 76.6 Å². The number of amidine groups is 1. The molecule has 0 unspecified atom stereocenters. The van der Waals surface area contributed by atoms with Gasteiger partial charge in [-0.3, -0.25) is 4.79 Å². The van der Waals surface area contributed by atoms with Crippen LogP contribution in [-0.4, -0.2) is 17.0 Å². The molecule has 0 radical (unpaired) electrons. The van der Waals surface area contributed by atoms with E-state index in [2.05, 4.69) is 58.3 Å². The van der Waals surface area contributed by atoms with Crippen LogP contribution >= 0.6 is 59.1 Å². The molecule has 1 heterocycles. The highest BCUT2D eigenvalue weighted by molar-refractivity contribution is 9.13. The standard InChI is InChI=1S/C12H8Br3N3O2S/c13-5-1-2-8(6(3-5)11(16)18-20)17-12(19)9-4-7(14)10(15)21-9/h1-4,20H,(H2,16,18)(H,17,19). The molecule has 9 heteroatoms. The molecule has 110 valence electrons. The van der Waals surface area contributed by atoms with Gasteiger partial charge in [-0.2, -0.15) is 0 Å². The van der Waals surface area contributed by atoms with Crippen molar-refractivity contribution in [3.63, 3.8) is 0 Å². The first-order chi connectivity index (χ1) is 9.92. The maximum absolute atomic E-state index is 12.2. The summed E-state index contributed by atoms with van der Waals surface area (Å²) in [7, 11) is 0. The van der Waals surface area contributed by atoms with Crippen molar-refractivity contribution in [2.24, 2.45) is 10.9 Å². The van der Waals surface area contributed by atoms with Crippen LogP contribution in [0.5, 0.6) is 0 Å². The zero-order valence-corrected chi connectivity index (χ0v) is 15.8. The van der Waals surface area contributed by atoms with Crippen LogP contribution in [0, 0.1) is 0 Å². The molecule has 4 N–H and O–H groups in total. The number of anilines is 1. The number of carbonyl (C=O) groups is 1. The van der Waals surface area contributed by atoms with E-state index in [1.165, 1.54) is 11.3 Å². The first-order valence-corrected chi connectivity index (χ1v) is 8.65. The van der Waals surface area contributed by atoms with Crippen LogP contribution in [0.1, 0.15) is 15.2 Å². The largest absolute Gasteiger partial charge is 0.409 e. The Labute approximate surface area is 149 Å². The Kier molecular flexibility index (Phi) is 5.42. The van der Waals surface area contributed by atoms with Gasteiger partial charge in [0, 0.05) is 14.5 Å². The van der Waals surface area contributed by atoms with Crippen molar-refractivity contribution in [2.75, 3.05) is 5.32 Å². The van der Waals surface area contributed by atoms with E-state index in [-0.39, 0.29) is 11.7 Å². The molecule has 0 atom stereocenters. The number of hydrogen-bond donors (Lipinski definition) is 3. The van der Waals surface area contributed by atoms with Crippen molar-refractivity contribution in [2.45, 2.75) is 0 Å². The van der Waals surface area contributed by atoms with Crippen molar-refractivity contribution in [3.8, 4) is 0 Å². The second-order valence-electron chi connectivity index (χ2n) is 3.86. The third kappa shape index (κ3) is 3.85. The summed E-state index contributed by atoms with van der Waals surface area (Å²) < 4.78 is 2.40. The van der Waals surface area contributed by atoms with E-state index < -0.39 is 0 Å². The van der Waals surface area contributed by atoms with Crippen LogP contribution in [0.2, 0.25) is 0 Å². The van der Waals surface area contributed by atoms with Gasteiger partial charge in [0.1, 0.15) is 0 Å². The summed E-state index contributed by atoms with van der Waals surface area (Å²) in [5, 5.41) is 14.5. The zero-order chi connectivity index (χ0) is 15.6. The minimum absolute atomic E-state index is 0.0832. The molecule has 0 saturated heterocycles. The van der Waals surface area contributed by atoms with Crippen LogP contribution in [0.4, 0.5) is 5.69 Å². The highest BCUT2D eigenvalue weighted by Gasteiger charge is 2.15. The molecule has 0 spiro atoms. The average molecular weight is 498 g/mol. The number of oxime groups is 1. The number of halogens is 3. The monoisotopic (exact) mass is 495 g/mol. The Morgan fingerprint density at radius 3 is 2.57 bits per heavy atom. The molecule has 2 rings (SSSR count). The molecule has 1 amide bonds. The van der Waals surface area contributed by atoms with Crippen molar-refractivity contribution in [3.05, 3.63) is 47.4 Å². The fraction of sp³-hybridized carbons (Fsp3) is 0. The number of carbonyl (C=O) groups excluding carboxylic acids is 1. The smallest absolute Gasteiger partial charge is 0.265 e. The third-order valence-electron chi connectivity index (χ3n) is 2.48. The van der Waals surface area contributed by atoms with Crippen LogP contribution in [0.25, 0.3) is 0 Å². The molecule has 0 saturated carbocycles. The van der Waals surface area contributed by atoms with Gasteiger partial charge in [0.05, 0.1) is 14.4 Å². The van der Waals surface area contributed by atoms with Crippen LogP contribution in [0.15, 0.2) is 42.2 Å². The maximum Gasteiger partial charge on any atom is 0.265 e. The topological polar surface area (TPSA) is 87.7 Å². The van der Waals surface area contributed by atoms with E-state index in [4.69, 9.17) is 10.9 Å². The predicted octanol–water partition coefficient (Wildman–Crippen LogP) is 4.38. The first-order valence-electron chi connectivity index (χ1n) is 5.46. The van der Waals surface area contributed by atoms with Gasteiger partial charge in [0.2, 0.25) is 0 Å². The summed E-state index contributed by atoms with van der Waals surface area (Å²) in [6.45, 7) is 0. The van der Waals surface area contributed by atoms with Crippen molar-refractivity contribution in [1.29, 1.82) is 0 Å². The molecule has 0 aliphatic heterocycles. The van der Waals surface area contributed by atoms with E-state index in [0.717, 1.165) is 12.7 Å². The molecule has 0 fully saturated rings. The lowest BCUT2D eigenvalue weighted by molar-refractivity contribution is 0.103. The fourth-order valence-corrected chi connectivity index (χ4v) is 3.83. The second-order valence-corrected chi connectivity index (χ2v) is 8.00. The second kappa shape index (κ2) is 6.91. The van der Waals surface area contributed by atoms with E-state index in [0.29, 0.717) is 16.1 Å². The number of nitrogens with two attached hydrogens (primary N) is 1. The Balaban J connectivity index is 2.33. The lowest BCUT2D eigenvalue weighted by atomic mass is 10.1. The minimum atomic E-state index is -0.277.